The molecule has 0 aliphatic carbocycles. The highest BCUT2D eigenvalue weighted by Crippen LogP contribution is 2.28. The smallest absolute Gasteiger partial charge is 0.242 e. The summed E-state index contributed by atoms with van der Waals surface area (Å²) in [5.41, 5.74) is 1.30. The Morgan fingerprint density at radius 1 is 0.966 bits per heavy atom. The van der Waals surface area contributed by atoms with Crippen LogP contribution in [0.1, 0.15) is 31.4 Å². The maximum Gasteiger partial charge on any atom is 0.242 e. The standard InChI is InChI=1S/C21H22Cl4N2O2/c1-3-19(21(29)26-4-2)27(12-14-15(22)6-5-7-16(14)23)20(28)11-13-8-9-17(24)18(25)10-13/h5-10,19H,3-4,11-12H2,1-2H3,(H,26,29)/t19-/m1/s1. The molecule has 29 heavy (non-hydrogen) atoms. The van der Waals surface area contributed by atoms with Crippen LogP contribution in [0.15, 0.2) is 36.4 Å². The molecular weight excluding hydrogens is 454 g/mol. The largest absolute Gasteiger partial charge is 0.355 e. The molecule has 1 atom stereocenters. The minimum absolute atomic E-state index is 0.0644. The Morgan fingerprint density at radius 2 is 1.62 bits per heavy atom. The number of nitrogens with zero attached hydrogens (tertiary/aromatic N) is 1. The Kier molecular flexibility index (Phi) is 9.09. The van der Waals surface area contributed by atoms with Crippen LogP contribution in [0.3, 0.4) is 0 Å². The molecule has 156 valence electrons. The predicted octanol–water partition coefficient (Wildman–Crippen LogP) is 5.79. The maximum absolute atomic E-state index is 13.2. The molecule has 1 N–H and O–H groups in total. The third kappa shape index (κ3) is 6.26. The van der Waals surface area contributed by atoms with E-state index >= 15 is 0 Å². The van der Waals surface area contributed by atoms with Crippen molar-refractivity contribution >= 4 is 58.2 Å². The molecule has 4 nitrogen and oxygen atoms in total. The molecule has 8 heteroatoms. The van der Waals surface area contributed by atoms with Crippen molar-refractivity contribution in [1.29, 1.82) is 0 Å². The van der Waals surface area contributed by atoms with Crippen LogP contribution in [0.25, 0.3) is 0 Å². The Balaban J connectivity index is 2.37. The number of halogens is 4. The van der Waals surface area contributed by atoms with Crippen molar-refractivity contribution in [2.45, 2.75) is 39.3 Å². The average molecular weight is 476 g/mol. The monoisotopic (exact) mass is 474 g/mol. The SMILES string of the molecule is CCNC(=O)[C@@H](CC)N(Cc1c(Cl)cccc1Cl)C(=O)Cc1ccc(Cl)c(Cl)c1. The molecule has 0 saturated carbocycles. The molecule has 0 saturated heterocycles. The number of carbonyl (C=O) groups excluding carboxylic acids is 2. The number of benzene rings is 2. The lowest BCUT2D eigenvalue weighted by molar-refractivity contribution is -0.140. The van der Waals surface area contributed by atoms with Gasteiger partial charge >= 0.3 is 0 Å². The van der Waals surface area contributed by atoms with E-state index < -0.39 is 6.04 Å². The molecule has 0 fully saturated rings. The van der Waals surface area contributed by atoms with Crippen molar-refractivity contribution in [2.24, 2.45) is 0 Å². The molecule has 2 aromatic carbocycles. The highest BCUT2D eigenvalue weighted by molar-refractivity contribution is 6.42. The first-order valence-corrected chi connectivity index (χ1v) is 10.7. The number of carbonyl (C=O) groups is 2. The third-order valence-electron chi connectivity index (χ3n) is 4.47. The van der Waals surface area contributed by atoms with Crippen LogP contribution >= 0.6 is 46.4 Å². The second-order valence-electron chi connectivity index (χ2n) is 6.47. The molecule has 2 aromatic rings. The minimum Gasteiger partial charge on any atom is -0.355 e. The zero-order chi connectivity index (χ0) is 21.6. The summed E-state index contributed by atoms with van der Waals surface area (Å²) in [6.45, 7) is 4.27. The predicted molar refractivity (Wildman–Crippen MR) is 120 cm³/mol. The fraction of sp³-hybridized carbons (Fsp3) is 0.333. The van der Waals surface area contributed by atoms with Crippen LogP contribution in [-0.2, 0) is 22.6 Å². The van der Waals surface area contributed by atoms with Crippen molar-refractivity contribution in [3.8, 4) is 0 Å². The summed E-state index contributed by atoms with van der Waals surface area (Å²) < 4.78 is 0. The molecule has 0 aliphatic rings. The first-order chi connectivity index (χ1) is 13.8. The van der Waals surface area contributed by atoms with Crippen LogP contribution in [0, 0.1) is 0 Å². The zero-order valence-corrected chi connectivity index (χ0v) is 19.2. The van der Waals surface area contributed by atoms with Crippen molar-refractivity contribution in [3.63, 3.8) is 0 Å². The van der Waals surface area contributed by atoms with Gasteiger partial charge in [-0.1, -0.05) is 65.5 Å². The lowest BCUT2D eigenvalue weighted by Crippen LogP contribution is -2.49. The summed E-state index contributed by atoms with van der Waals surface area (Å²) in [4.78, 5) is 27.4. The van der Waals surface area contributed by atoms with E-state index in [0.717, 1.165) is 0 Å². The van der Waals surface area contributed by atoms with Gasteiger partial charge in [-0.2, -0.15) is 0 Å². The fourth-order valence-corrected chi connectivity index (χ4v) is 3.83. The van der Waals surface area contributed by atoms with Crippen LogP contribution in [0.5, 0.6) is 0 Å². The van der Waals surface area contributed by atoms with Crippen LogP contribution in [0.4, 0.5) is 0 Å². The molecule has 0 bridgehead atoms. The van der Waals surface area contributed by atoms with Gasteiger partial charge in [-0.05, 0) is 43.2 Å². The molecule has 0 unspecified atom stereocenters. The average Bonchev–Trinajstić information content (AvgIpc) is 2.67. The lowest BCUT2D eigenvalue weighted by Gasteiger charge is -2.31. The summed E-state index contributed by atoms with van der Waals surface area (Å²) in [6.07, 6.45) is 0.510. The molecule has 2 amide bonds. The lowest BCUT2D eigenvalue weighted by atomic mass is 10.1. The number of hydrogen-bond acceptors (Lipinski definition) is 2. The van der Waals surface area contributed by atoms with Gasteiger partial charge in [0, 0.05) is 28.7 Å². The van der Waals surface area contributed by atoms with Crippen molar-refractivity contribution in [1.82, 2.24) is 10.2 Å². The second-order valence-corrected chi connectivity index (χ2v) is 8.09. The molecule has 0 spiro atoms. The van der Waals surface area contributed by atoms with Gasteiger partial charge in [-0.25, -0.2) is 0 Å². The normalized spacial score (nSPS) is 11.8. The van der Waals surface area contributed by atoms with Crippen molar-refractivity contribution in [2.75, 3.05) is 6.54 Å². The van der Waals surface area contributed by atoms with Gasteiger partial charge in [-0.15, -0.1) is 0 Å². The summed E-state index contributed by atoms with van der Waals surface area (Å²) >= 11 is 24.7. The molecule has 0 aliphatic heterocycles. The molecular formula is C21H22Cl4N2O2. The fourth-order valence-electron chi connectivity index (χ4n) is 2.99. The summed E-state index contributed by atoms with van der Waals surface area (Å²) in [7, 11) is 0. The van der Waals surface area contributed by atoms with E-state index in [1.54, 1.807) is 36.4 Å². The number of nitrogens with one attached hydrogen (secondary N) is 1. The van der Waals surface area contributed by atoms with Gasteiger partial charge in [-0.3, -0.25) is 9.59 Å². The van der Waals surface area contributed by atoms with Gasteiger partial charge in [0.25, 0.3) is 0 Å². The van der Waals surface area contributed by atoms with E-state index in [4.69, 9.17) is 46.4 Å². The Bertz CT molecular complexity index is 869. The zero-order valence-electron chi connectivity index (χ0n) is 16.1. The van der Waals surface area contributed by atoms with Gasteiger partial charge in [0.05, 0.1) is 16.5 Å². The highest BCUT2D eigenvalue weighted by Gasteiger charge is 2.29. The number of likely N-dealkylation sites (N-methyl/N-ethyl adjacent to an activating group) is 1. The Hall–Kier alpha value is -1.46. The maximum atomic E-state index is 13.2. The first kappa shape index (κ1) is 23.8. The van der Waals surface area contributed by atoms with E-state index in [2.05, 4.69) is 5.32 Å². The highest BCUT2D eigenvalue weighted by atomic mass is 35.5. The topological polar surface area (TPSA) is 49.4 Å². The van der Waals surface area contributed by atoms with E-state index in [0.29, 0.717) is 44.2 Å². The van der Waals surface area contributed by atoms with Gasteiger partial charge in [0.2, 0.25) is 11.8 Å². The van der Waals surface area contributed by atoms with Crippen LogP contribution in [-0.4, -0.2) is 29.3 Å². The van der Waals surface area contributed by atoms with Crippen molar-refractivity contribution < 1.29 is 9.59 Å². The minimum atomic E-state index is -0.655. The van der Waals surface area contributed by atoms with E-state index in [1.165, 1.54) is 4.90 Å². The van der Waals surface area contributed by atoms with E-state index in [-0.39, 0.29) is 24.8 Å². The van der Waals surface area contributed by atoms with Gasteiger partial charge < -0.3 is 10.2 Å². The first-order valence-electron chi connectivity index (χ1n) is 9.22. The van der Waals surface area contributed by atoms with E-state index in [1.807, 2.05) is 13.8 Å². The Morgan fingerprint density at radius 3 is 2.17 bits per heavy atom. The molecule has 0 aromatic heterocycles. The third-order valence-corrected chi connectivity index (χ3v) is 5.91. The van der Waals surface area contributed by atoms with Crippen LogP contribution in [0.2, 0.25) is 20.1 Å². The Labute approximate surface area is 191 Å². The van der Waals surface area contributed by atoms with E-state index in [9.17, 15) is 9.59 Å². The summed E-state index contributed by atoms with van der Waals surface area (Å²) in [5.74, 6) is -0.460. The van der Waals surface area contributed by atoms with Gasteiger partial charge in [0.15, 0.2) is 0 Å². The number of hydrogen-bond donors (Lipinski definition) is 1. The molecule has 0 radical (unpaired) electrons. The van der Waals surface area contributed by atoms with Gasteiger partial charge in [0.1, 0.15) is 6.04 Å². The second kappa shape index (κ2) is 11.1. The molecule has 2 rings (SSSR count). The number of amides is 2. The molecule has 0 heterocycles. The summed E-state index contributed by atoms with van der Waals surface area (Å²) in [5, 5.41) is 4.45. The quantitative estimate of drug-likeness (QED) is 0.525. The van der Waals surface area contributed by atoms with Crippen molar-refractivity contribution in [3.05, 3.63) is 67.6 Å². The number of rotatable bonds is 8. The summed E-state index contributed by atoms with van der Waals surface area (Å²) in [6, 6.07) is 9.52. The van der Waals surface area contributed by atoms with Crippen LogP contribution < -0.4 is 5.32 Å².